The van der Waals surface area contributed by atoms with Crippen LogP contribution < -0.4 is 4.31 Å². The van der Waals surface area contributed by atoms with Gasteiger partial charge in [-0.2, -0.15) is 0 Å². The lowest BCUT2D eigenvalue weighted by molar-refractivity contribution is 0.590. The SMILES string of the molecule is CCS(=O)(=O)N(Cc1ccccn1)c1ccc(SC(C)C)cc1C(C)C. The summed E-state index contributed by atoms with van der Waals surface area (Å²) in [5.74, 6) is 0.274. The molecule has 2 aromatic rings. The minimum Gasteiger partial charge on any atom is -0.264 e. The molecule has 1 aromatic heterocycles. The Morgan fingerprint density at radius 1 is 1.12 bits per heavy atom. The van der Waals surface area contributed by atoms with E-state index >= 15 is 0 Å². The number of aromatic nitrogens is 1. The molecule has 0 bridgehead atoms. The average molecular weight is 393 g/mol. The lowest BCUT2D eigenvalue weighted by Crippen LogP contribution is -2.33. The Bertz CT molecular complexity index is 819. The highest BCUT2D eigenvalue weighted by Crippen LogP contribution is 2.35. The second kappa shape index (κ2) is 8.91. The topological polar surface area (TPSA) is 50.3 Å². The zero-order valence-corrected chi connectivity index (χ0v) is 17.8. The molecule has 4 nitrogen and oxygen atoms in total. The summed E-state index contributed by atoms with van der Waals surface area (Å²) in [6.07, 6.45) is 1.69. The third kappa shape index (κ3) is 5.24. The fraction of sp³-hybridized carbons (Fsp3) is 0.450. The van der Waals surface area contributed by atoms with Gasteiger partial charge in [-0.05, 0) is 48.7 Å². The molecule has 0 aliphatic heterocycles. The number of hydrogen-bond acceptors (Lipinski definition) is 4. The van der Waals surface area contributed by atoms with E-state index in [2.05, 4.69) is 38.7 Å². The van der Waals surface area contributed by atoms with Crippen LogP contribution in [-0.2, 0) is 16.6 Å². The molecule has 142 valence electrons. The van der Waals surface area contributed by atoms with Crippen molar-refractivity contribution in [1.82, 2.24) is 4.98 Å². The van der Waals surface area contributed by atoms with Gasteiger partial charge in [0.2, 0.25) is 10.0 Å². The molecular weight excluding hydrogens is 364 g/mol. The second-order valence-electron chi connectivity index (χ2n) is 6.77. The standard InChI is InChI=1S/C20H28N2O2S2/c1-6-26(23,24)22(14-17-9-7-8-12-21-17)20-11-10-18(25-16(4)5)13-19(20)15(2)3/h7-13,15-16H,6,14H2,1-5H3. The summed E-state index contributed by atoms with van der Waals surface area (Å²) in [6.45, 7) is 10.4. The van der Waals surface area contributed by atoms with E-state index in [0.29, 0.717) is 5.25 Å². The zero-order chi connectivity index (χ0) is 19.3. The minimum absolute atomic E-state index is 0.0554. The summed E-state index contributed by atoms with van der Waals surface area (Å²) < 4.78 is 27.2. The van der Waals surface area contributed by atoms with Gasteiger partial charge in [0.25, 0.3) is 0 Å². The van der Waals surface area contributed by atoms with Crippen LogP contribution in [0.2, 0.25) is 0 Å². The highest BCUT2D eigenvalue weighted by molar-refractivity contribution is 7.99. The first-order chi connectivity index (χ1) is 12.2. The van der Waals surface area contributed by atoms with Gasteiger partial charge in [-0.1, -0.05) is 33.8 Å². The van der Waals surface area contributed by atoms with Crippen LogP contribution in [0.15, 0.2) is 47.5 Å². The number of sulfonamides is 1. The lowest BCUT2D eigenvalue weighted by atomic mass is 10.0. The van der Waals surface area contributed by atoms with E-state index in [9.17, 15) is 8.42 Å². The molecule has 0 spiro atoms. The van der Waals surface area contributed by atoms with Gasteiger partial charge in [-0.25, -0.2) is 8.42 Å². The van der Waals surface area contributed by atoms with Crippen LogP contribution in [0.5, 0.6) is 0 Å². The van der Waals surface area contributed by atoms with Crippen LogP contribution in [0.4, 0.5) is 5.69 Å². The molecule has 1 aromatic carbocycles. The first-order valence-corrected chi connectivity index (χ1v) is 11.4. The zero-order valence-electron chi connectivity index (χ0n) is 16.1. The van der Waals surface area contributed by atoms with Gasteiger partial charge in [0.1, 0.15) is 0 Å². The number of hydrogen-bond donors (Lipinski definition) is 0. The van der Waals surface area contributed by atoms with Gasteiger partial charge in [0.05, 0.1) is 23.7 Å². The van der Waals surface area contributed by atoms with Crippen molar-refractivity contribution in [2.45, 2.75) is 57.2 Å². The number of anilines is 1. The van der Waals surface area contributed by atoms with E-state index in [1.807, 2.05) is 30.3 Å². The van der Waals surface area contributed by atoms with Gasteiger partial charge >= 0.3 is 0 Å². The maximum atomic E-state index is 12.8. The summed E-state index contributed by atoms with van der Waals surface area (Å²) in [5.41, 5.74) is 2.53. The fourth-order valence-corrected chi connectivity index (χ4v) is 4.69. The summed E-state index contributed by atoms with van der Waals surface area (Å²) in [6, 6.07) is 11.7. The number of benzene rings is 1. The molecule has 0 fully saturated rings. The van der Waals surface area contributed by atoms with Crippen LogP contribution in [0.1, 0.15) is 51.8 Å². The van der Waals surface area contributed by atoms with Crippen LogP contribution >= 0.6 is 11.8 Å². The van der Waals surface area contributed by atoms with E-state index in [-0.39, 0.29) is 18.2 Å². The van der Waals surface area contributed by atoms with E-state index in [1.165, 1.54) is 9.20 Å². The van der Waals surface area contributed by atoms with Crippen molar-refractivity contribution in [3.8, 4) is 0 Å². The fourth-order valence-electron chi connectivity index (χ4n) is 2.70. The molecule has 6 heteroatoms. The summed E-state index contributed by atoms with van der Waals surface area (Å²) in [4.78, 5) is 5.48. The second-order valence-corrected chi connectivity index (χ2v) is 10.6. The van der Waals surface area contributed by atoms with E-state index < -0.39 is 10.0 Å². The van der Waals surface area contributed by atoms with Crippen molar-refractivity contribution >= 4 is 27.5 Å². The van der Waals surface area contributed by atoms with Gasteiger partial charge in [-0.3, -0.25) is 9.29 Å². The molecule has 1 heterocycles. The van der Waals surface area contributed by atoms with Gasteiger partial charge in [0, 0.05) is 16.3 Å². The highest BCUT2D eigenvalue weighted by Gasteiger charge is 2.25. The molecule has 0 aliphatic rings. The third-order valence-corrected chi connectivity index (χ3v) is 6.72. The smallest absolute Gasteiger partial charge is 0.235 e. The van der Waals surface area contributed by atoms with Crippen molar-refractivity contribution in [2.75, 3.05) is 10.1 Å². The van der Waals surface area contributed by atoms with Crippen molar-refractivity contribution < 1.29 is 8.42 Å². The van der Waals surface area contributed by atoms with Crippen molar-refractivity contribution in [1.29, 1.82) is 0 Å². The Balaban J connectivity index is 2.53. The van der Waals surface area contributed by atoms with Crippen LogP contribution in [-0.4, -0.2) is 24.4 Å². The van der Waals surface area contributed by atoms with E-state index in [4.69, 9.17) is 0 Å². The largest absolute Gasteiger partial charge is 0.264 e. The number of pyridine rings is 1. The van der Waals surface area contributed by atoms with Crippen molar-refractivity contribution in [3.05, 3.63) is 53.9 Å². The molecule has 0 radical (unpaired) electrons. The summed E-state index contributed by atoms with van der Waals surface area (Å²) in [7, 11) is -3.42. The monoisotopic (exact) mass is 392 g/mol. The molecule has 26 heavy (non-hydrogen) atoms. The number of nitrogens with zero attached hydrogens (tertiary/aromatic N) is 2. The quantitative estimate of drug-likeness (QED) is 0.589. The first-order valence-electron chi connectivity index (χ1n) is 8.95. The van der Waals surface area contributed by atoms with Gasteiger partial charge < -0.3 is 0 Å². The molecule has 2 rings (SSSR count). The normalized spacial score (nSPS) is 12.0. The number of thioether (sulfide) groups is 1. The lowest BCUT2D eigenvalue weighted by Gasteiger charge is -2.27. The molecule has 0 saturated heterocycles. The molecule has 0 aliphatic carbocycles. The highest BCUT2D eigenvalue weighted by atomic mass is 32.2. The van der Waals surface area contributed by atoms with E-state index in [1.54, 1.807) is 24.9 Å². The molecule has 0 unspecified atom stereocenters. The van der Waals surface area contributed by atoms with Crippen LogP contribution in [0, 0.1) is 0 Å². The van der Waals surface area contributed by atoms with Crippen LogP contribution in [0.3, 0.4) is 0 Å². The molecular formula is C20H28N2O2S2. The predicted octanol–water partition coefficient (Wildman–Crippen LogP) is 5.06. The first kappa shape index (κ1) is 20.8. The summed E-state index contributed by atoms with van der Waals surface area (Å²) >= 11 is 1.79. The Morgan fingerprint density at radius 2 is 1.85 bits per heavy atom. The minimum atomic E-state index is -3.42. The van der Waals surface area contributed by atoms with E-state index in [0.717, 1.165) is 16.9 Å². The predicted molar refractivity (Wildman–Crippen MR) is 111 cm³/mol. The molecule has 0 amide bonds. The average Bonchev–Trinajstić information content (AvgIpc) is 2.60. The Labute approximate surface area is 162 Å². The summed E-state index contributed by atoms with van der Waals surface area (Å²) in [5, 5.41) is 0.477. The van der Waals surface area contributed by atoms with Crippen molar-refractivity contribution in [2.24, 2.45) is 0 Å². The maximum Gasteiger partial charge on any atom is 0.235 e. The molecule has 0 saturated carbocycles. The van der Waals surface area contributed by atoms with Gasteiger partial charge in [0.15, 0.2) is 0 Å². The van der Waals surface area contributed by atoms with Crippen LogP contribution in [0.25, 0.3) is 0 Å². The Hall–Kier alpha value is -1.53. The Morgan fingerprint density at radius 3 is 2.38 bits per heavy atom. The molecule has 0 N–H and O–H groups in total. The van der Waals surface area contributed by atoms with Crippen molar-refractivity contribution in [3.63, 3.8) is 0 Å². The van der Waals surface area contributed by atoms with Gasteiger partial charge in [-0.15, -0.1) is 11.8 Å². The Kier molecular flexibility index (Phi) is 7.12. The number of rotatable bonds is 8. The maximum absolute atomic E-state index is 12.8. The third-order valence-electron chi connectivity index (χ3n) is 3.99. The molecule has 0 atom stereocenters.